The molecule has 0 bridgehead atoms. The Bertz CT molecular complexity index is 892. The normalized spacial score (nSPS) is 17.5. The lowest BCUT2D eigenvalue weighted by Crippen LogP contribution is -2.43. The number of aryl methyl sites for hydroxylation is 1. The third-order valence-corrected chi connectivity index (χ3v) is 5.61. The Morgan fingerprint density at radius 2 is 1.88 bits per heavy atom. The molecule has 1 amide bonds. The van der Waals surface area contributed by atoms with Crippen molar-refractivity contribution < 1.29 is 4.79 Å². The van der Waals surface area contributed by atoms with Crippen LogP contribution < -0.4 is 4.90 Å². The Hall–Kier alpha value is -2.60. The molecule has 2 heterocycles. The van der Waals surface area contributed by atoms with E-state index in [9.17, 15) is 4.79 Å². The van der Waals surface area contributed by atoms with Gasteiger partial charge in [-0.1, -0.05) is 59.8 Å². The van der Waals surface area contributed by atoms with Crippen LogP contribution in [0.4, 0.5) is 5.69 Å². The second-order valence-corrected chi connectivity index (χ2v) is 7.58. The average molecular weight is 364 g/mol. The fourth-order valence-corrected chi connectivity index (χ4v) is 4.09. The van der Waals surface area contributed by atoms with E-state index in [1.165, 1.54) is 17.3 Å². The van der Waals surface area contributed by atoms with Gasteiger partial charge in [0.05, 0.1) is 5.25 Å². The Morgan fingerprint density at radius 1 is 1.12 bits per heavy atom. The van der Waals surface area contributed by atoms with Crippen LogP contribution in [0.1, 0.15) is 18.4 Å². The van der Waals surface area contributed by atoms with Crippen molar-refractivity contribution in [1.29, 1.82) is 0 Å². The van der Waals surface area contributed by atoms with Gasteiger partial charge in [-0.25, -0.2) is 4.98 Å². The van der Waals surface area contributed by atoms with Gasteiger partial charge in [0, 0.05) is 17.8 Å². The number of benzene rings is 2. The molecule has 132 valence electrons. The van der Waals surface area contributed by atoms with Gasteiger partial charge in [0.2, 0.25) is 11.1 Å². The fourth-order valence-electron chi connectivity index (χ4n) is 3.08. The minimum absolute atomic E-state index is 0.133. The summed E-state index contributed by atoms with van der Waals surface area (Å²) in [6, 6.07) is 18.0. The minimum atomic E-state index is -0.148. The molecule has 1 unspecified atom stereocenters. The molecule has 0 saturated carbocycles. The predicted octanol–water partition coefficient (Wildman–Crippen LogP) is 4.07. The molecule has 1 saturated heterocycles. The molecular weight excluding hydrogens is 344 g/mol. The average Bonchev–Trinajstić information content (AvgIpc) is 3.13. The Labute approximate surface area is 156 Å². The summed E-state index contributed by atoms with van der Waals surface area (Å²) in [5.74, 6) is 0.866. The monoisotopic (exact) mass is 364 g/mol. The van der Waals surface area contributed by atoms with Crippen LogP contribution in [0.5, 0.6) is 0 Å². The van der Waals surface area contributed by atoms with Gasteiger partial charge in [0.1, 0.15) is 0 Å². The van der Waals surface area contributed by atoms with Crippen molar-refractivity contribution in [2.45, 2.75) is 30.2 Å². The van der Waals surface area contributed by atoms with Crippen LogP contribution in [0.3, 0.4) is 0 Å². The number of H-pyrrole nitrogens is 1. The van der Waals surface area contributed by atoms with Crippen LogP contribution >= 0.6 is 11.8 Å². The lowest BCUT2D eigenvalue weighted by Gasteiger charge is -2.31. The topological polar surface area (TPSA) is 61.9 Å². The highest BCUT2D eigenvalue weighted by atomic mass is 32.2. The molecule has 0 aliphatic carbocycles. The number of piperidine rings is 1. The molecule has 1 fully saturated rings. The first-order valence-electron chi connectivity index (χ1n) is 8.73. The third kappa shape index (κ3) is 3.51. The summed E-state index contributed by atoms with van der Waals surface area (Å²) in [6.45, 7) is 2.82. The number of anilines is 1. The van der Waals surface area contributed by atoms with Crippen molar-refractivity contribution >= 4 is 23.4 Å². The first-order chi connectivity index (χ1) is 12.7. The van der Waals surface area contributed by atoms with Crippen LogP contribution in [0.2, 0.25) is 0 Å². The SMILES string of the molecule is Cc1ccc(-c2nc(SC3CCCN(c4ccccc4)C3=O)n[nH]2)cc1. The van der Waals surface area contributed by atoms with E-state index in [1.54, 1.807) is 0 Å². The molecular formula is C20H20N4OS. The smallest absolute Gasteiger partial charge is 0.240 e. The summed E-state index contributed by atoms with van der Waals surface area (Å²) in [5.41, 5.74) is 3.16. The van der Waals surface area contributed by atoms with Crippen molar-refractivity contribution in [3.8, 4) is 11.4 Å². The van der Waals surface area contributed by atoms with Gasteiger partial charge in [-0.3, -0.25) is 9.89 Å². The van der Waals surface area contributed by atoms with Gasteiger partial charge in [-0.15, -0.1) is 5.10 Å². The van der Waals surface area contributed by atoms with E-state index >= 15 is 0 Å². The van der Waals surface area contributed by atoms with Crippen LogP contribution in [0, 0.1) is 6.92 Å². The molecule has 1 aromatic heterocycles. The Morgan fingerprint density at radius 3 is 2.65 bits per heavy atom. The van der Waals surface area contributed by atoms with Gasteiger partial charge in [0.15, 0.2) is 5.82 Å². The predicted molar refractivity (Wildman–Crippen MR) is 104 cm³/mol. The van der Waals surface area contributed by atoms with E-state index in [0.717, 1.165) is 36.5 Å². The number of carbonyl (C=O) groups excluding carboxylic acids is 1. The summed E-state index contributed by atoms with van der Waals surface area (Å²) in [7, 11) is 0. The Kier molecular flexibility index (Phi) is 4.75. The quantitative estimate of drug-likeness (QED) is 0.758. The molecule has 5 nitrogen and oxygen atoms in total. The summed E-state index contributed by atoms with van der Waals surface area (Å²) in [4.78, 5) is 19.3. The summed E-state index contributed by atoms with van der Waals surface area (Å²) < 4.78 is 0. The van der Waals surface area contributed by atoms with E-state index in [2.05, 4.69) is 22.1 Å². The van der Waals surface area contributed by atoms with Gasteiger partial charge in [-0.2, -0.15) is 0 Å². The number of aromatic nitrogens is 3. The maximum absolute atomic E-state index is 12.9. The highest BCUT2D eigenvalue weighted by Gasteiger charge is 2.31. The number of hydrogen-bond donors (Lipinski definition) is 1. The van der Waals surface area contributed by atoms with Crippen LogP contribution in [-0.2, 0) is 4.79 Å². The highest BCUT2D eigenvalue weighted by molar-refractivity contribution is 8.00. The van der Waals surface area contributed by atoms with Gasteiger partial charge < -0.3 is 4.90 Å². The zero-order chi connectivity index (χ0) is 17.9. The van der Waals surface area contributed by atoms with Gasteiger partial charge in [0.25, 0.3) is 0 Å². The number of rotatable bonds is 4. The molecule has 1 atom stereocenters. The van der Waals surface area contributed by atoms with E-state index < -0.39 is 0 Å². The molecule has 4 rings (SSSR count). The number of nitrogens with zero attached hydrogens (tertiary/aromatic N) is 3. The second kappa shape index (κ2) is 7.33. The number of hydrogen-bond acceptors (Lipinski definition) is 4. The van der Waals surface area contributed by atoms with Crippen LogP contribution in [-0.4, -0.2) is 32.9 Å². The molecule has 1 aliphatic heterocycles. The maximum Gasteiger partial charge on any atom is 0.240 e. The number of thioether (sulfide) groups is 1. The van der Waals surface area contributed by atoms with Crippen LogP contribution in [0.15, 0.2) is 59.8 Å². The molecule has 0 spiro atoms. The second-order valence-electron chi connectivity index (χ2n) is 6.41. The first-order valence-corrected chi connectivity index (χ1v) is 9.61. The zero-order valence-electron chi connectivity index (χ0n) is 14.6. The number of amides is 1. The van der Waals surface area contributed by atoms with Crippen molar-refractivity contribution in [3.05, 3.63) is 60.2 Å². The van der Waals surface area contributed by atoms with E-state index in [0.29, 0.717) is 5.16 Å². The summed E-state index contributed by atoms with van der Waals surface area (Å²) in [6.07, 6.45) is 1.83. The third-order valence-electron chi connectivity index (χ3n) is 4.49. The molecule has 0 radical (unpaired) electrons. The van der Waals surface area contributed by atoms with Crippen molar-refractivity contribution in [1.82, 2.24) is 15.2 Å². The van der Waals surface area contributed by atoms with E-state index in [-0.39, 0.29) is 11.2 Å². The van der Waals surface area contributed by atoms with Gasteiger partial charge >= 0.3 is 0 Å². The Balaban J connectivity index is 1.48. The molecule has 3 aromatic rings. The van der Waals surface area contributed by atoms with Crippen LogP contribution in [0.25, 0.3) is 11.4 Å². The summed E-state index contributed by atoms with van der Waals surface area (Å²) in [5, 5.41) is 7.75. The zero-order valence-corrected chi connectivity index (χ0v) is 15.4. The number of para-hydroxylation sites is 1. The lowest BCUT2D eigenvalue weighted by atomic mass is 10.1. The minimum Gasteiger partial charge on any atom is -0.311 e. The standard InChI is InChI=1S/C20H20N4OS/c1-14-9-11-15(12-10-14)18-21-20(23-22-18)26-17-8-5-13-24(19(17)25)16-6-3-2-4-7-16/h2-4,6-7,9-12,17H,5,8,13H2,1H3,(H,21,22,23). The molecule has 6 heteroatoms. The largest absolute Gasteiger partial charge is 0.311 e. The number of nitrogens with one attached hydrogen (secondary N) is 1. The first kappa shape index (κ1) is 16.8. The highest BCUT2D eigenvalue weighted by Crippen LogP contribution is 2.31. The van der Waals surface area contributed by atoms with Crippen molar-refractivity contribution in [2.75, 3.05) is 11.4 Å². The fraction of sp³-hybridized carbons (Fsp3) is 0.250. The number of aromatic amines is 1. The maximum atomic E-state index is 12.9. The van der Waals surface area contributed by atoms with E-state index in [4.69, 9.17) is 0 Å². The summed E-state index contributed by atoms with van der Waals surface area (Å²) >= 11 is 1.45. The van der Waals surface area contributed by atoms with Crippen molar-refractivity contribution in [3.63, 3.8) is 0 Å². The molecule has 2 aromatic carbocycles. The van der Waals surface area contributed by atoms with E-state index in [1.807, 2.05) is 59.5 Å². The number of carbonyl (C=O) groups is 1. The lowest BCUT2D eigenvalue weighted by molar-refractivity contribution is -0.119. The molecule has 1 N–H and O–H groups in total. The molecule has 1 aliphatic rings. The van der Waals surface area contributed by atoms with Crippen molar-refractivity contribution in [2.24, 2.45) is 0 Å². The van der Waals surface area contributed by atoms with Gasteiger partial charge in [-0.05, 0) is 31.9 Å². The molecule has 26 heavy (non-hydrogen) atoms.